The minimum atomic E-state index is 0.782. The lowest BCUT2D eigenvalue weighted by molar-refractivity contribution is 1.11. The summed E-state index contributed by atoms with van der Waals surface area (Å²) in [6.45, 7) is 4.98. The van der Waals surface area contributed by atoms with E-state index in [0.29, 0.717) is 0 Å². The Kier molecular flexibility index (Phi) is 4.40. The molecule has 0 spiro atoms. The quantitative estimate of drug-likeness (QED) is 0.875. The van der Waals surface area contributed by atoms with Crippen LogP contribution in [0.3, 0.4) is 0 Å². The third kappa shape index (κ3) is 3.38. The maximum absolute atomic E-state index is 4.24. The first-order chi connectivity index (χ1) is 9.60. The van der Waals surface area contributed by atoms with E-state index in [1.807, 2.05) is 27.1 Å². The first-order valence-electron chi connectivity index (χ1n) is 6.71. The molecule has 0 bridgehead atoms. The zero-order valence-corrected chi connectivity index (χ0v) is 12.4. The standard InChI is InChI=1S/C15H21N5/c1-5-16-14-9-15(18-10-17-14)19-12-7-6-11(2)13(8-12)20(3)4/h6-10H,5H2,1-4H3,(H2,16,17,18,19). The smallest absolute Gasteiger partial charge is 0.135 e. The molecule has 20 heavy (non-hydrogen) atoms. The van der Waals surface area contributed by atoms with E-state index >= 15 is 0 Å². The molecule has 0 atom stereocenters. The second kappa shape index (κ2) is 6.23. The lowest BCUT2D eigenvalue weighted by Crippen LogP contribution is -2.10. The van der Waals surface area contributed by atoms with Gasteiger partial charge in [0.25, 0.3) is 0 Å². The molecule has 0 amide bonds. The summed E-state index contributed by atoms with van der Waals surface area (Å²) < 4.78 is 0. The Labute approximate surface area is 120 Å². The number of aromatic nitrogens is 2. The zero-order valence-electron chi connectivity index (χ0n) is 12.4. The van der Waals surface area contributed by atoms with E-state index < -0.39 is 0 Å². The van der Waals surface area contributed by atoms with Gasteiger partial charge in [-0.1, -0.05) is 6.07 Å². The molecule has 0 fully saturated rings. The van der Waals surface area contributed by atoms with Crippen LogP contribution in [0.1, 0.15) is 12.5 Å². The Morgan fingerprint density at radius 2 is 1.85 bits per heavy atom. The highest BCUT2D eigenvalue weighted by molar-refractivity contribution is 5.66. The van der Waals surface area contributed by atoms with Gasteiger partial charge in [-0.25, -0.2) is 9.97 Å². The van der Waals surface area contributed by atoms with Crippen LogP contribution >= 0.6 is 0 Å². The van der Waals surface area contributed by atoms with Crippen molar-refractivity contribution in [1.29, 1.82) is 0 Å². The third-order valence-corrected chi connectivity index (χ3v) is 2.99. The number of anilines is 4. The number of nitrogens with one attached hydrogen (secondary N) is 2. The number of nitrogens with zero attached hydrogens (tertiary/aromatic N) is 3. The van der Waals surface area contributed by atoms with Crippen molar-refractivity contribution in [2.24, 2.45) is 0 Å². The normalized spacial score (nSPS) is 10.2. The third-order valence-electron chi connectivity index (χ3n) is 2.99. The Morgan fingerprint density at radius 1 is 1.10 bits per heavy atom. The van der Waals surface area contributed by atoms with Gasteiger partial charge >= 0.3 is 0 Å². The van der Waals surface area contributed by atoms with Crippen LogP contribution in [0.15, 0.2) is 30.6 Å². The molecule has 1 aromatic heterocycles. The molecule has 5 heteroatoms. The highest BCUT2D eigenvalue weighted by atomic mass is 15.1. The molecule has 0 unspecified atom stereocenters. The van der Waals surface area contributed by atoms with Gasteiger partial charge in [-0.3, -0.25) is 0 Å². The summed E-state index contributed by atoms with van der Waals surface area (Å²) in [5, 5.41) is 6.48. The van der Waals surface area contributed by atoms with Gasteiger partial charge in [0.05, 0.1) is 0 Å². The van der Waals surface area contributed by atoms with Gasteiger partial charge in [0.15, 0.2) is 0 Å². The van der Waals surface area contributed by atoms with E-state index in [2.05, 4.69) is 50.6 Å². The van der Waals surface area contributed by atoms with E-state index in [4.69, 9.17) is 0 Å². The van der Waals surface area contributed by atoms with Gasteiger partial charge in [0.2, 0.25) is 0 Å². The Morgan fingerprint density at radius 3 is 2.55 bits per heavy atom. The molecule has 1 aromatic carbocycles. The van der Waals surface area contributed by atoms with Crippen LogP contribution in [-0.4, -0.2) is 30.6 Å². The molecule has 2 N–H and O–H groups in total. The SMILES string of the molecule is CCNc1cc(Nc2ccc(C)c(N(C)C)c2)ncn1. The second-order valence-electron chi connectivity index (χ2n) is 4.84. The van der Waals surface area contributed by atoms with Crippen molar-refractivity contribution in [3.8, 4) is 0 Å². The number of rotatable bonds is 5. The maximum Gasteiger partial charge on any atom is 0.135 e. The molecule has 0 radical (unpaired) electrons. The van der Waals surface area contributed by atoms with Crippen molar-refractivity contribution in [1.82, 2.24) is 9.97 Å². The van der Waals surface area contributed by atoms with E-state index in [1.54, 1.807) is 6.33 Å². The molecule has 2 aromatic rings. The van der Waals surface area contributed by atoms with Gasteiger partial charge in [-0.05, 0) is 31.5 Å². The predicted octanol–water partition coefficient (Wildman–Crippen LogP) is 3.03. The van der Waals surface area contributed by atoms with Crippen LogP contribution in [0.5, 0.6) is 0 Å². The monoisotopic (exact) mass is 271 g/mol. The highest BCUT2D eigenvalue weighted by Crippen LogP contribution is 2.24. The van der Waals surface area contributed by atoms with E-state index in [9.17, 15) is 0 Å². The predicted molar refractivity (Wildman–Crippen MR) is 85.0 cm³/mol. The molecule has 0 saturated carbocycles. The van der Waals surface area contributed by atoms with E-state index in [0.717, 1.165) is 23.9 Å². The van der Waals surface area contributed by atoms with E-state index in [1.165, 1.54) is 11.3 Å². The summed E-state index contributed by atoms with van der Waals surface area (Å²) in [6.07, 6.45) is 1.56. The van der Waals surface area contributed by atoms with Gasteiger partial charge < -0.3 is 15.5 Å². The van der Waals surface area contributed by atoms with Crippen molar-refractivity contribution in [3.63, 3.8) is 0 Å². The molecule has 0 aliphatic heterocycles. The van der Waals surface area contributed by atoms with Crippen molar-refractivity contribution in [3.05, 3.63) is 36.2 Å². The fraction of sp³-hybridized carbons (Fsp3) is 0.333. The summed E-state index contributed by atoms with van der Waals surface area (Å²) >= 11 is 0. The fourth-order valence-electron chi connectivity index (χ4n) is 2.02. The van der Waals surface area contributed by atoms with Crippen molar-refractivity contribution in [2.75, 3.05) is 36.2 Å². The number of benzene rings is 1. The molecule has 0 saturated heterocycles. The van der Waals surface area contributed by atoms with Crippen molar-refractivity contribution >= 4 is 23.0 Å². The Hall–Kier alpha value is -2.30. The lowest BCUT2D eigenvalue weighted by Gasteiger charge is -2.17. The van der Waals surface area contributed by atoms with Crippen LogP contribution in [-0.2, 0) is 0 Å². The molecule has 2 rings (SSSR count). The van der Waals surface area contributed by atoms with Gasteiger partial charge in [0, 0.05) is 38.1 Å². The van der Waals surface area contributed by atoms with Crippen molar-refractivity contribution < 1.29 is 0 Å². The summed E-state index contributed by atoms with van der Waals surface area (Å²) in [6, 6.07) is 8.17. The van der Waals surface area contributed by atoms with Crippen LogP contribution in [0, 0.1) is 6.92 Å². The van der Waals surface area contributed by atoms with Gasteiger partial charge in [0.1, 0.15) is 18.0 Å². The zero-order chi connectivity index (χ0) is 14.5. The minimum absolute atomic E-state index is 0.782. The summed E-state index contributed by atoms with van der Waals surface area (Å²) in [4.78, 5) is 10.5. The van der Waals surface area contributed by atoms with E-state index in [-0.39, 0.29) is 0 Å². The average molecular weight is 271 g/mol. The lowest BCUT2D eigenvalue weighted by atomic mass is 10.1. The Bertz CT molecular complexity index is 580. The first-order valence-corrected chi connectivity index (χ1v) is 6.71. The molecule has 1 heterocycles. The second-order valence-corrected chi connectivity index (χ2v) is 4.84. The molecule has 0 aliphatic carbocycles. The van der Waals surface area contributed by atoms with Crippen molar-refractivity contribution in [2.45, 2.75) is 13.8 Å². The summed E-state index contributed by atoms with van der Waals surface area (Å²) in [5.74, 6) is 1.61. The molecule has 106 valence electrons. The molecule has 0 aliphatic rings. The summed E-state index contributed by atoms with van der Waals surface area (Å²) in [7, 11) is 4.08. The Balaban J connectivity index is 2.21. The van der Waals surface area contributed by atoms with Gasteiger partial charge in [-0.2, -0.15) is 0 Å². The fourth-order valence-corrected chi connectivity index (χ4v) is 2.02. The van der Waals surface area contributed by atoms with Gasteiger partial charge in [-0.15, -0.1) is 0 Å². The average Bonchev–Trinajstić information content (AvgIpc) is 2.41. The topological polar surface area (TPSA) is 53.1 Å². The largest absolute Gasteiger partial charge is 0.377 e. The molecule has 5 nitrogen and oxygen atoms in total. The number of aryl methyl sites for hydroxylation is 1. The molecular weight excluding hydrogens is 250 g/mol. The molecular formula is C15H21N5. The number of hydrogen-bond donors (Lipinski definition) is 2. The van der Waals surface area contributed by atoms with Crippen LogP contribution in [0.25, 0.3) is 0 Å². The number of hydrogen-bond acceptors (Lipinski definition) is 5. The highest BCUT2D eigenvalue weighted by Gasteiger charge is 2.04. The van der Waals surface area contributed by atoms with Crippen LogP contribution in [0.2, 0.25) is 0 Å². The van der Waals surface area contributed by atoms with Crippen LogP contribution in [0.4, 0.5) is 23.0 Å². The minimum Gasteiger partial charge on any atom is -0.377 e. The van der Waals surface area contributed by atoms with Crippen LogP contribution < -0.4 is 15.5 Å². The maximum atomic E-state index is 4.24. The summed E-state index contributed by atoms with van der Waals surface area (Å²) in [5.41, 5.74) is 3.45. The first kappa shape index (κ1) is 14.1.